The highest BCUT2D eigenvalue weighted by atomic mass is 35.5. The van der Waals surface area contributed by atoms with Gasteiger partial charge in [0.1, 0.15) is 0 Å². The Morgan fingerprint density at radius 2 is 1.95 bits per heavy atom. The Labute approximate surface area is 134 Å². The van der Waals surface area contributed by atoms with Gasteiger partial charge >= 0.3 is 0 Å². The minimum absolute atomic E-state index is 0.0559. The number of nitrogens with one attached hydrogen (secondary N) is 1. The van der Waals surface area contributed by atoms with Gasteiger partial charge in [-0.1, -0.05) is 48.0 Å². The Balaban J connectivity index is 1.60. The molecular formula is C18H18ClNO2. The quantitative estimate of drug-likeness (QED) is 0.906. The van der Waals surface area contributed by atoms with Crippen molar-refractivity contribution in [2.24, 2.45) is 0 Å². The molecule has 3 rings (SSSR count). The zero-order chi connectivity index (χ0) is 15.5. The summed E-state index contributed by atoms with van der Waals surface area (Å²) in [7, 11) is 0. The van der Waals surface area contributed by atoms with Crippen LogP contribution in [0.15, 0.2) is 48.5 Å². The summed E-state index contributed by atoms with van der Waals surface area (Å²) in [6, 6.07) is 15.1. The van der Waals surface area contributed by atoms with Crippen LogP contribution in [-0.2, 0) is 11.2 Å². The van der Waals surface area contributed by atoms with Crippen molar-refractivity contribution < 1.29 is 9.90 Å². The van der Waals surface area contributed by atoms with E-state index in [1.54, 1.807) is 24.3 Å². The van der Waals surface area contributed by atoms with Gasteiger partial charge in [-0.15, -0.1) is 0 Å². The molecule has 0 saturated heterocycles. The smallest absolute Gasteiger partial charge is 0.223 e. The lowest BCUT2D eigenvalue weighted by atomic mass is 10.1. The lowest BCUT2D eigenvalue weighted by molar-refractivity contribution is -0.123. The van der Waals surface area contributed by atoms with Gasteiger partial charge in [0.2, 0.25) is 5.91 Å². The maximum absolute atomic E-state index is 12.2. The van der Waals surface area contributed by atoms with Crippen LogP contribution in [0.2, 0.25) is 5.02 Å². The third-order valence-corrected chi connectivity index (χ3v) is 4.35. The maximum atomic E-state index is 12.2. The molecule has 2 N–H and O–H groups in total. The molecule has 114 valence electrons. The average Bonchev–Trinajstić information content (AvgIpc) is 2.91. The number of rotatable bonds is 4. The summed E-state index contributed by atoms with van der Waals surface area (Å²) >= 11 is 5.82. The van der Waals surface area contributed by atoms with E-state index in [2.05, 4.69) is 17.4 Å². The van der Waals surface area contributed by atoms with Crippen LogP contribution in [0.1, 0.15) is 41.7 Å². The molecular weight excluding hydrogens is 298 g/mol. The number of amides is 1. The molecule has 0 saturated carbocycles. The van der Waals surface area contributed by atoms with Crippen LogP contribution in [0, 0.1) is 0 Å². The molecule has 2 aromatic carbocycles. The number of aliphatic hydroxyl groups excluding tert-OH is 1. The van der Waals surface area contributed by atoms with Gasteiger partial charge in [0.05, 0.1) is 18.6 Å². The molecule has 1 amide bonds. The molecule has 1 aliphatic rings. The molecule has 2 atom stereocenters. The van der Waals surface area contributed by atoms with Crippen LogP contribution in [0.4, 0.5) is 0 Å². The summed E-state index contributed by atoms with van der Waals surface area (Å²) in [5.41, 5.74) is 3.19. The van der Waals surface area contributed by atoms with Crippen LogP contribution in [0.3, 0.4) is 0 Å². The highest BCUT2D eigenvalue weighted by Crippen LogP contribution is 2.31. The molecule has 0 radical (unpaired) electrons. The number of carbonyl (C=O) groups is 1. The van der Waals surface area contributed by atoms with Gasteiger partial charge in [-0.3, -0.25) is 4.79 Å². The Hall–Kier alpha value is -1.84. The Morgan fingerprint density at radius 1 is 1.23 bits per heavy atom. The predicted molar refractivity (Wildman–Crippen MR) is 86.7 cm³/mol. The fourth-order valence-corrected chi connectivity index (χ4v) is 3.06. The molecule has 0 heterocycles. The first-order chi connectivity index (χ1) is 10.6. The third-order valence-electron chi connectivity index (χ3n) is 4.10. The summed E-state index contributed by atoms with van der Waals surface area (Å²) in [5.74, 6) is -0.135. The molecule has 0 fully saturated rings. The van der Waals surface area contributed by atoms with E-state index in [0.717, 1.165) is 12.8 Å². The zero-order valence-electron chi connectivity index (χ0n) is 12.1. The van der Waals surface area contributed by atoms with Gasteiger partial charge in [0.15, 0.2) is 0 Å². The van der Waals surface area contributed by atoms with Crippen molar-refractivity contribution in [3.63, 3.8) is 0 Å². The van der Waals surface area contributed by atoms with E-state index in [0.29, 0.717) is 10.6 Å². The molecule has 2 unspecified atom stereocenters. The van der Waals surface area contributed by atoms with E-state index in [1.807, 2.05) is 12.1 Å². The average molecular weight is 316 g/mol. The Bertz CT molecular complexity index is 669. The number of aliphatic hydroxyl groups is 1. The summed E-state index contributed by atoms with van der Waals surface area (Å²) in [5, 5.41) is 13.8. The summed E-state index contributed by atoms with van der Waals surface area (Å²) in [6.07, 6.45) is 1.15. The largest absolute Gasteiger partial charge is 0.388 e. The number of hydrogen-bond donors (Lipinski definition) is 2. The van der Waals surface area contributed by atoms with Crippen molar-refractivity contribution in [2.75, 3.05) is 0 Å². The molecule has 1 aliphatic carbocycles. The molecule has 4 heteroatoms. The second-order valence-corrected chi connectivity index (χ2v) is 6.07. The maximum Gasteiger partial charge on any atom is 0.223 e. The normalized spacial score (nSPS) is 17.8. The molecule has 0 aromatic heterocycles. The van der Waals surface area contributed by atoms with Gasteiger partial charge < -0.3 is 10.4 Å². The van der Waals surface area contributed by atoms with Crippen molar-refractivity contribution in [3.05, 3.63) is 70.2 Å². The number of benzene rings is 2. The lowest BCUT2D eigenvalue weighted by Gasteiger charge is -2.16. The van der Waals surface area contributed by atoms with Gasteiger partial charge in [0, 0.05) is 5.02 Å². The molecule has 2 aromatic rings. The highest BCUT2D eigenvalue weighted by molar-refractivity contribution is 6.30. The first-order valence-electron chi connectivity index (χ1n) is 7.44. The molecule has 3 nitrogen and oxygen atoms in total. The van der Waals surface area contributed by atoms with Crippen LogP contribution < -0.4 is 5.32 Å². The van der Waals surface area contributed by atoms with E-state index < -0.39 is 6.10 Å². The van der Waals surface area contributed by atoms with Crippen molar-refractivity contribution >= 4 is 17.5 Å². The zero-order valence-corrected chi connectivity index (χ0v) is 12.9. The van der Waals surface area contributed by atoms with Gasteiger partial charge in [-0.05, 0) is 41.7 Å². The first kappa shape index (κ1) is 15.1. The minimum Gasteiger partial charge on any atom is -0.388 e. The van der Waals surface area contributed by atoms with Crippen molar-refractivity contribution in [3.8, 4) is 0 Å². The molecule has 0 bridgehead atoms. The fraction of sp³-hybridized carbons (Fsp3) is 0.278. The van der Waals surface area contributed by atoms with E-state index in [1.165, 1.54) is 11.1 Å². The number of carbonyl (C=O) groups excluding carboxylic acids is 1. The van der Waals surface area contributed by atoms with Gasteiger partial charge in [-0.2, -0.15) is 0 Å². The van der Waals surface area contributed by atoms with E-state index in [9.17, 15) is 9.90 Å². The predicted octanol–water partition coefficient (Wildman–Crippen LogP) is 3.57. The van der Waals surface area contributed by atoms with Crippen LogP contribution in [-0.4, -0.2) is 11.0 Å². The van der Waals surface area contributed by atoms with Crippen molar-refractivity contribution in [1.29, 1.82) is 0 Å². The topological polar surface area (TPSA) is 49.3 Å². The van der Waals surface area contributed by atoms with E-state index >= 15 is 0 Å². The summed E-state index contributed by atoms with van der Waals surface area (Å²) < 4.78 is 0. The van der Waals surface area contributed by atoms with Crippen LogP contribution >= 0.6 is 11.6 Å². The number of hydrogen-bond acceptors (Lipinski definition) is 2. The Morgan fingerprint density at radius 3 is 2.73 bits per heavy atom. The van der Waals surface area contributed by atoms with Gasteiger partial charge in [0.25, 0.3) is 0 Å². The fourth-order valence-electron chi connectivity index (χ4n) is 2.94. The minimum atomic E-state index is -0.811. The second kappa shape index (κ2) is 6.51. The number of halogens is 1. The Kier molecular flexibility index (Phi) is 4.46. The van der Waals surface area contributed by atoms with Crippen LogP contribution in [0.25, 0.3) is 0 Å². The number of fused-ring (bicyclic) bond motifs is 1. The monoisotopic (exact) mass is 315 g/mol. The lowest BCUT2D eigenvalue weighted by Crippen LogP contribution is -2.28. The van der Waals surface area contributed by atoms with E-state index in [4.69, 9.17) is 11.6 Å². The van der Waals surface area contributed by atoms with E-state index in [-0.39, 0.29) is 18.4 Å². The summed E-state index contributed by atoms with van der Waals surface area (Å²) in [4.78, 5) is 12.2. The molecule has 22 heavy (non-hydrogen) atoms. The SMILES string of the molecule is O=C(CC(O)c1ccc(Cl)cc1)NC1CCc2ccccc21. The van der Waals surface area contributed by atoms with Crippen LogP contribution in [0.5, 0.6) is 0 Å². The van der Waals surface area contributed by atoms with Crippen molar-refractivity contribution in [1.82, 2.24) is 5.32 Å². The van der Waals surface area contributed by atoms with Gasteiger partial charge in [-0.25, -0.2) is 0 Å². The first-order valence-corrected chi connectivity index (χ1v) is 7.82. The standard InChI is InChI=1S/C18H18ClNO2/c19-14-8-5-13(6-9-14)17(21)11-18(22)20-16-10-7-12-3-1-2-4-15(12)16/h1-6,8-9,16-17,21H,7,10-11H2,(H,20,22). The molecule has 0 spiro atoms. The highest BCUT2D eigenvalue weighted by Gasteiger charge is 2.24. The number of aryl methyl sites for hydroxylation is 1. The van der Waals surface area contributed by atoms with Crippen molar-refractivity contribution in [2.45, 2.75) is 31.4 Å². The molecule has 0 aliphatic heterocycles. The third kappa shape index (κ3) is 3.32. The summed E-state index contributed by atoms with van der Waals surface area (Å²) in [6.45, 7) is 0. The second-order valence-electron chi connectivity index (χ2n) is 5.63.